The van der Waals surface area contributed by atoms with Crippen molar-refractivity contribution in [3.8, 4) is 0 Å². The van der Waals surface area contributed by atoms with Crippen LogP contribution >= 0.6 is 45.7 Å². The Morgan fingerprint density at radius 3 is 1.40 bits per heavy atom. The van der Waals surface area contributed by atoms with Crippen LogP contribution in [0, 0.1) is 0 Å². The number of halogens is 2. The molecule has 0 spiro atoms. The quantitative estimate of drug-likeness (QED) is 0.389. The Labute approximate surface area is 58.2 Å². The fourth-order valence-electron chi connectivity index (χ4n) is 0.0179. The molecular weight excluding hydrogens is 296 g/mol. The van der Waals surface area contributed by atoms with E-state index in [-0.39, 0.29) is 0 Å². The van der Waals surface area contributed by atoms with Gasteiger partial charge in [0.25, 0.3) is 0 Å². The van der Waals surface area contributed by atoms with Gasteiger partial charge in [-0.3, -0.25) is 0 Å². The van der Waals surface area contributed by atoms with E-state index in [1.54, 1.807) is 0 Å². The van der Waals surface area contributed by atoms with Gasteiger partial charge in [-0.2, -0.15) is 12.8 Å². The van der Waals surface area contributed by atoms with E-state index in [1.807, 2.05) is 45.7 Å². The molecule has 0 aliphatic heterocycles. The van der Waals surface area contributed by atoms with E-state index in [9.17, 15) is 0 Å². The SMILES string of the molecule is INNNI. The van der Waals surface area contributed by atoms with E-state index in [4.69, 9.17) is 0 Å². The highest BCUT2D eigenvalue weighted by molar-refractivity contribution is 14.1. The molecule has 0 rings (SSSR count). The maximum atomic E-state index is 2.62. The lowest BCUT2D eigenvalue weighted by Gasteiger charge is -1.88. The zero-order valence-corrected chi connectivity index (χ0v) is 6.57. The predicted molar refractivity (Wildman–Crippen MR) is 37.4 cm³/mol. The number of nitrogens with one attached hydrogen (secondary N) is 3. The average Bonchev–Trinajstić information content (AvgIpc) is 1.41. The van der Waals surface area contributed by atoms with E-state index in [2.05, 4.69) is 12.8 Å². The van der Waals surface area contributed by atoms with Crippen LogP contribution < -0.4 is 12.8 Å². The van der Waals surface area contributed by atoms with Crippen LogP contribution in [0.3, 0.4) is 0 Å². The Hall–Kier alpha value is 1.34. The van der Waals surface area contributed by atoms with Gasteiger partial charge in [0.05, 0.1) is 0 Å². The summed E-state index contributed by atoms with van der Waals surface area (Å²) in [6.45, 7) is 0. The largest absolute Gasteiger partial charge is 0.184 e. The van der Waals surface area contributed by atoms with Crippen molar-refractivity contribution in [1.29, 1.82) is 0 Å². The summed E-state index contributed by atoms with van der Waals surface area (Å²) in [4.78, 5) is 0. The summed E-state index contributed by atoms with van der Waals surface area (Å²) < 4.78 is 5.24. The van der Waals surface area contributed by atoms with Crippen LogP contribution in [-0.2, 0) is 0 Å². The summed E-state index contributed by atoms with van der Waals surface area (Å²) in [5.74, 6) is 0. The topological polar surface area (TPSA) is 36.1 Å². The molecule has 0 saturated heterocycles. The molecule has 0 radical (unpaired) electrons. The summed E-state index contributed by atoms with van der Waals surface area (Å²) >= 11 is 3.92. The predicted octanol–water partition coefficient (Wildman–Crippen LogP) is 0.285. The lowest BCUT2D eigenvalue weighted by Crippen LogP contribution is -2.29. The van der Waals surface area contributed by atoms with Crippen LogP contribution in [0.25, 0.3) is 0 Å². The highest BCUT2D eigenvalue weighted by atomic mass is 127. The number of hydrogen-bond acceptors (Lipinski definition) is 3. The molecule has 0 unspecified atom stereocenters. The average molecular weight is 299 g/mol. The second kappa shape index (κ2) is 5.34. The van der Waals surface area contributed by atoms with E-state index in [0.717, 1.165) is 0 Å². The van der Waals surface area contributed by atoms with Crippen molar-refractivity contribution < 1.29 is 0 Å². The minimum absolute atomic E-state index is 1.96. The van der Waals surface area contributed by atoms with Crippen LogP contribution in [0.1, 0.15) is 0 Å². The summed E-state index contributed by atoms with van der Waals surface area (Å²) in [5, 5.41) is 0. The molecule has 0 heterocycles. The summed E-state index contributed by atoms with van der Waals surface area (Å²) in [5.41, 5.74) is 2.58. The van der Waals surface area contributed by atoms with Crippen molar-refractivity contribution in [1.82, 2.24) is 12.8 Å². The minimum atomic E-state index is 1.96. The molecule has 0 aromatic heterocycles. The monoisotopic (exact) mass is 299 g/mol. The Morgan fingerprint density at radius 2 is 1.40 bits per heavy atom. The van der Waals surface area contributed by atoms with E-state index in [0.29, 0.717) is 0 Å². The van der Waals surface area contributed by atoms with Gasteiger partial charge >= 0.3 is 0 Å². The molecule has 5 heteroatoms. The molecule has 0 fully saturated rings. The molecule has 3 N–H and O–H groups in total. The third-order valence-electron chi connectivity index (χ3n) is 0.0945. The molecule has 0 aromatic rings. The third-order valence-corrected chi connectivity index (χ3v) is 0.634. The van der Waals surface area contributed by atoms with Crippen LogP contribution in [0.15, 0.2) is 0 Å². The molecule has 0 atom stereocenters. The summed E-state index contributed by atoms with van der Waals surface area (Å²) in [6.07, 6.45) is 0. The van der Waals surface area contributed by atoms with Gasteiger partial charge in [-0.15, -0.1) is 0 Å². The van der Waals surface area contributed by atoms with Crippen molar-refractivity contribution in [2.75, 3.05) is 0 Å². The van der Waals surface area contributed by atoms with Gasteiger partial charge < -0.3 is 0 Å². The summed E-state index contributed by atoms with van der Waals surface area (Å²) in [6, 6.07) is 0. The molecule has 0 bridgehead atoms. The van der Waals surface area contributed by atoms with Crippen molar-refractivity contribution in [3.63, 3.8) is 0 Å². The van der Waals surface area contributed by atoms with E-state index < -0.39 is 0 Å². The molecule has 3 nitrogen and oxygen atoms in total. The first-order valence-corrected chi connectivity index (χ1v) is 3.04. The Bertz CT molecular complexity index is 12.4. The van der Waals surface area contributed by atoms with Crippen molar-refractivity contribution in [3.05, 3.63) is 0 Å². The maximum absolute atomic E-state index is 2.62. The highest BCUT2D eigenvalue weighted by Gasteiger charge is 1.59. The molecule has 0 aliphatic rings. The summed E-state index contributed by atoms with van der Waals surface area (Å²) in [7, 11) is 0. The number of rotatable bonds is 2. The van der Waals surface area contributed by atoms with Crippen LogP contribution in [0.2, 0.25) is 0 Å². The van der Waals surface area contributed by atoms with Gasteiger partial charge in [-0.25, -0.2) is 0 Å². The first-order chi connectivity index (χ1) is 2.41. The fraction of sp³-hybridized carbons (Fsp3) is 0. The second-order valence-electron chi connectivity index (χ2n) is 0.314. The van der Waals surface area contributed by atoms with Gasteiger partial charge in [0.1, 0.15) is 0 Å². The van der Waals surface area contributed by atoms with Gasteiger partial charge in [0, 0.05) is 45.7 Å². The van der Waals surface area contributed by atoms with Crippen molar-refractivity contribution >= 4 is 45.7 Å². The molecule has 5 heavy (non-hydrogen) atoms. The lowest BCUT2D eigenvalue weighted by molar-refractivity contribution is 0.721. The molecule has 0 aliphatic carbocycles. The minimum Gasteiger partial charge on any atom is -0.184 e. The van der Waals surface area contributed by atoms with Gasteiger partial charge in [0.15, 0.2) is 0 Å². The normalized spacial score (nSPS) is 8.40. The smallest absolute Gasteiger partial charge is 0.0346 e. The first-order valence-electron chi connectivity index (χ1n) is 0.878. The lowest BCUT2D eigenvalue weighted by atomic mass is 12.6. The van der Waals surface area contributed by atoms with Crippen LogP contribution in [0.4, 0.5) is 0 Å². The fourth-order valence-corrected chi connectivity index (χ4v) is 0.804. The zero-order valence-electron chi connectivity index (χ0n) is 2.26. The number of hydrogen-bond donors (Lipinski definition) is 3. The Balaban J connectivity index is 2.19. The number of hydrazine groups is 2. The maximum Gasteiger partial charge on any atom is 0.0346 e. The van der Waals surface area contributed by atoms with Crippen molar-refractivity contribution in [2.45, 2.75) is 0 Å². The van der Waals surface area contributed by atoms with Gasteiger partial charge in [0.2, 0.25) is 0 Å². The molecule has 0 saturated carbocycles. The van der Waals surface area contributed by atoms with Crippen LogP contribution in [-0.4, -0.2) is 0 Å². The zero-order chi connectivity index (χ0) is 4.12. The Kier molecular flexibility index (Phi) is 6.77. The molecular formula is H3I2N3. The molecule has 0 aromatic carbocycles. The standard InChI is InChI=1S/H3I2N3/c1-3-5-4-2/h3-5H. The van der Waals surface area contributed by atoms with Gasteiger partial charge in [-0.1, -0.05) is 0 Å². The highest BCUT2D eigenvalue weighted by Crippen LogP contribution is 1.59. The molecule has 32 valence electrons. The third kappa shape index (κ3) is 5.34. The van der Waals surface area contributed by atoms with Gasteiger partial charge in [-0.05, 0) is 0 Å². The van der Waals surface area contributed by atoms with Crippen LogP contribution in [0.5, 0.6) is 0 Å². The second-order valence-corrected chi connectivity index (χ2v) is 1.39. The van der Waals surface area contributed by atoms with Crippen molar-refractivity contribution in [2.24, 2.45) is 0 Å². The van der Waals surface area contributed by atoms with E-state index in [1.165, 1.54) is 0 Å². The Morgan fingerprint density at radius 1 is 1.00 bits per heavy atom. The first kappa shape index (κ1) is 6.34. The molecule has 0 amide bonds. The van der Waals surface area contributed by atoms with E-state index >= 15 is 0 Å².